The maximum Gasteiger partial charge on any atom is 0.326 e. The van der Waals surface area contributed by atoms with Crippen molar-refractivity contribution in [2.75, 3.05) is 0 Å². The molecule has 4 aromatic rings. The highest BCUT2D eigenvalue weighted by Gasteiger charge is 2.33. The molecule has 0 radical (unpaired) electrons. The summed E-state index contributed by atoms with van der Waals surface area (Å²) in [5.74, 6) is 1.97. The maximum absolute atomic E-state index is 7.04. The van der Waals surface area contributed by atoms with Crippen LogP contribution >= 0.6 is 8.38 Å². The van der Waals surface area contributed by atoms with Crippen LogP contribution in [0.2, 0.25) is 0 Å². The van der Waals surface area contributed by atoms with Gasteiger partial charge in [-0.2, -0.15) is 0 Å². The molecule has 5 rings (SSSR count). The van der Waals surface area contributed by atoms with Crippen LogP contribution in [0.1, 0.15) is 74.9 Å². The second kappa shape index (κ2) is 8.93. The summed E-state index contributed by atoms with van der Waals surface area (Å²) < 4.78 is 14.1. The first-order valence-electron chi connectivity index (χ1n) is 12.8. The van der Waals surface area contributed by atoms with E-state index in [9.17, 15) is 0 Å². The summed E-state index contributed by atoms with van der Waals surface area (Å²) in [5.41, 5.74) is 7.38. The number of fused-ring (bicyclic) bond motifs is 3. The van der Waals surface area contributed by atoms with Crippen LogP contribution in [0.15, 0.2) is 66.7 Å². The third-order valence-electron chi connectivity index (χ3n) is 6.93. The van der Waals surface area contributed by atoms with E-state index in [2.05, 4.69) is 122 Å². The minimum absolute atomic E-state index is 0.0545. The Labute approximate surface area is 217 Å². The highest BCUT2D eigenvalue weighted by molar-refractivity contribution is 7.57. The Morgan fingerprint density at radius 2 is 1.14 bits per heavy atom. The van der Waals surface area contributed by atoms with Gasteiger partial charge >= 0.3 is 8.38 Å². The Hall–Kier alpha value is -2.83. The molecule has 36 heavy (non-hydrogen) atoms. The third-order valence-corrected chi connectivity index (χ3v) is 8.41. The minimum atomic E-state index is -1.43. The summed E-state index contributed by atoms with van der Waals surface area (Å²) in [6, 6.07) is 24.2. The van der Waals surface area contributed by atoms with Crippen LogP contribution in [0, 0.1) is 13.8 Å². The lowest BCUT2D eigenvalue weighted by molar-refractivity contribution is 0.457. The Morgan fingerprint density at radius 3 is 1.67 bits per heavy atom. The molecule has 186 valence electrons. The van der Waals surface area contributed by atoms with E-state index in [1.54, 1.807) is 0 Å². The van der Waals surface area contributed by atoms with Crippen molar-refractivity contribution in [3.05, 3.63) is 100 Å². The number of hydrogen-bond donors (Lipinski definition) is 0. The largest absolute Gasteiger partial charge is 0.435 e. The maximum atomic E-state index is 7.04. The van der Waals surface area contributed by atoms with Gasteiger partial charge in [-0.25, -0.2) is 0 Å². The average Bonchev–Trinajstić information content (AvgIpc) is 2.78. The van der Waals surface area contributed by atoms with Crippen molar-refractivity contribution >= 4 is 24.5 Å². The van der Waals surface area contributed by atoms with Crippen LogP contribution in [0.25, 0.3) is 10.8 Å². The van der Waals surface area contributed by atoms with Crippen LogP contribution < -0.4 is 14.4 Å². The molecule has 0 N–H and O–H groups in total. The molecule has 0 bridgehead atoms. The first-order chi connectivity index (χ1) is 16.9. The van der Waals surface area contributed by atoms with E-state index < -0.39 is 8.38 Å². The normalized spacial score (nSPS) is 14.3. The Morgan fingerprint density at radius 1 is 0.639 bits per heavy atom. The summed E-state index contributed by atoms with van der Waals surface area (Å²) in [6.07, 6.45) is 0.791. The standard InChI is InChI=1S/C33H37O2P/c1-21-16-24-20-25-17-22(2)19-28(33(6,7)8)31(25)35-36(34-30(24)27(18-21)32(3,4)5)29-15-11-13-23-12-9-10-14-26(23)29/h9-19H,20H2,1-8H3. The Balaban J connectivity index is 1.82. The van der Waals surface area contributed by atoms with Gasteiger partial charge in [0.15, 0.2) is 0 Å². The molecule has 4 aromatic carbocycles. The molecule has 0 unspecified atom stereocenters. The lowest BCUT2D eigenvalue weighted by Gasteiger charge is -2.33. The summed E-state index contributed by atoms with van der Waals surface area (Å²) >= 11 is 0. The van der Waals surface area contributed by atoms with E-state index in [0.717, 1.165) is 23.2 Å². The topological polar surface area (TPSA) is 18.5 Å². The zero-order valence-electron chi connectivity index (χ0n) is 22.8. The van der Waals surface area contributed by atoms with Crippen molar-refractivity contribution in [2.45, 2.75) is 72.6 Å². The lowest BCUT2D eigenvalue weighted by Crippen LogP contribution is -2.21. The number of aryl methyl sites for hydroxylation is 2. The second-order valence-electron chi connectivity index (χ2n) is 12.2. The predicted octanol–water partition coefficient (Wildman–Crippen LogP) is 9.05. The van der Waals surface area contributed by atoms with Gasteiger partial charge in [0, 0.05) is 17.5 Å². The molecule has 0 amide bonds. The fourth-order valence-corrected chi connectivity index (χ4v) is 6.75. The Kier molecular flexibility index (Phi) is 6.16. The van der Waals surface area contributed by atoms with Crippen LogP contribution in [0.5, 0.6) is 11.5 Å². The molecule has 2 nitrogen and oxygen atoms in total. The quantitative estimate of drug-likeness (QED) is 0.245. The molecule has 1 aliphatic rings. The van der Waals surface area contributed by atoms with Gasteiger partial charge in [-0.1, -0.05) is 113 Å². The van der Waals surface area contributed by atoms with E-state index in [1.165, 1.54) is 44.2 Å². The lowest BCUT2D eigenvalue weighted by atomic mass is 9.81. The fourth-order valence-electron chi connectivity index (χ4n) is 5.14. The van der Waals surface area contributed by atoms with Gasteiger partial charge < -0.3 is 9.05 Å². The van der Waals surface area contributed by atoms with E-state index in [4.69, 9.17) is 9.05 Å². The minimum Gasteiger partial charge on any atom is -0.435 e. The van der Waals surface area contributed by atoms with Crippen LogP contribution in [0.4, 0.5) is 0 Å². The smallest absolute Gasteiger partial charge is 0.326 e. The van der Waals surface area contributed by atoms with Gasteiger partial charge in [-0.05, 0) is 52.6 Å². The summed E-state index contributed by atoms with van der Waals surface area (Å²) in [5, 5.41) is 3.50. The molecule has 0 aliphatic carbocycles. The zero-order chi connectivity index (χ0) is 25.8. The first-order valence-corrected chi connectivity index (χ1v) is 14.0. The summed E-state index contributed by atoms with van der Waals surface area (Å²) in [7, 11) is -1.43. The average molecular weight is 497 g/mol. The second-order valence-corrected chi connectivity index (χ2v) is 13.6. The van der Waals surface area contributed by atoms with E-state index in [0.29, 0.717) is 0 Å². The van der Waals surface area contributed by atoms with Crippen molar-refractivity contribution in [1.82, 2.24) is 0 Å². The van der Waals surface area contributed by atoms with Crippen molar-refractivity contribution in [1.29, 1.82) is 0 Å². The molecule has 0 saturated carbocycles. The van der Waals surface area contributed by atoms with Crippen molar-refractivity contribution < 1.29 is 9.05 Å². The van der Waals surface area contributed by atoms with Crippen LogP contribution in [-0.2, 0) is 17.3 Å². The van der Waals surface area contributed by atoms with Gasteiger partial charge in [-0.3, -0.25) is 0 Å². The molecule has 0 spiro atoms. The molecular formula is C33H37O2P. The van der Waals surface area contributed by atoms with Gasteiger partial charge in [0.2, 0.25) is 0 Å². The SMILES string of the molecule is Cc1cc2c(c(C(C)(C)C)c1)OP(c1cccc3ccccc13)Oc1c(cc(C)cc1C(C)(C)C)C2. The zero-order valence-corrected chi connectivity index (χ0v) is 23.7. The van der Waals surface area contributed by atoms with Gasteiger partial charge in [0.1, 0.15) is 11.5 Å². The number of hydrogen-bond acceptors (Lipinski definition) is 2. The fraction of sp³-hybridized carbons (Fsp3) is 0.333. The number of benzene rings is 4. The van der Waals surface area contributed by atoms with Crippen molar-refractivity contribution in [2.24, 2.45) is 0 Å². The highest BCUT2D eigenvalue weighted by atomic mass is 31.2. The van der Waals surface area contributed by atoms with Crippen LogP contribution in [-0.4, -0.2) is 0 Å². The monoisotopic (exact) mass is 496 g/mol. The molecule has 3 heteroatoms. The number of rotatable bonds is 1. The molecule has 1 aliphatic heterocycles. The summed E-state index contributed by atoms with van der Waals surface area (Å²) in [4.78, 5) is 0. The van der Waals surface area contributed by atoms with Gasteiger partial charge in [0.05, 0.1) is 5.30 Å². The van der Waals surface area contributed by atoms with E-state index in [-0.39, 0.29) is 10.8 Å². The van der Waals surface area contributed by atoms with Crippen molar-refractivity contribution in [3.8, 4) is 11.5 Å². The third kappa shape index (κ3) is 4.64. The molecule has 0 atom stereocenters. The molecule has 1 heterocycles. The van der Waals surface area contributed by atoms with E-state index in [1.807, 2.05) is 0 Å². The molecular weight excluding hydrogens is 459 g/mol. The van der Waals surface area contributed by atoms with E-state index >= 15 is 0 Å². The highest BCUT2D eigenvalue weighted by Crippen LogP contribution is 2.51. The Bertz CT molecular complexity index is 1380. The molecule has 0 fully saturated rings. The first kappa shape index (κ1) is 24.8. The van der Waals surface area contributed by atoms with Gasteiger partial charge in [0.25, 0.3) is 0 Å². The van der Waals surface area contributed by atoms with Crippen molar-refractivity contribution in [3.63, 3.8) is 0 Å². The molecule has 0 aromatic heterocycles. The van der Waals surface area contributed by atoms with Crippen LogP contribution in [0.3, 0.4) is 0 Å². The molecule has 0 saturated heterocycles. The predicted molar refractivity (Wildman–Crippen MR) is 154 cm³/mol. The van der Waals surface area contributed by atoms with Gasteiger partial charge in [-0.15, -0.1) is 0 Å². The summed E-state index contributed by atoms with van der Waals surface area (Å²) in [6.45, 7) is 18.0.